The molecule has 1 aromatic rings. The monoisotopic (exact) mass is 429 g/mol. The van der Waals surface area contributed by atoms with Gasteiger partial charge in [-0.05, 0) is 61.1 Å². The van der Waals surface area contributed by atoms with Crippen LogP contribution < -0.4 is 20.9 Å². The average Bonchev–Trinajstić information content (AvgIpc) is 3.10. The number of fused-ring (bicyclic) bond motifs is 1. The minimum absolute atomic E-state index is 0.360. The highest BCUT2D eigenvalue weighted by atomic mass is 15.3. The third-order valence-corrected chi connectivity index (χ3v) is 6.91. The summed E-state index contributed by atoms with van der Waals surface area (Å²) >= 11 is 0. The molecule has 5 nitrogen and oxygen atoms in total. The lowest BCUT2D eigenvalue weighted by Gasteiger charge is -2.31. The van der Waals surface area contributed by atoms with Crippen LogP contribution in [0.25, 0.3) is 5.57 Å². The van der Waals surface area contributed by atoms with E-state index in [1.807, 2.05) is 0 Å². The molecule has 3 aliphatic heterocycles. The second-order valence-electron chi connectivity index (χ2n) is 9.06. The van der Waals surface area contributed by atoms with Crippen molar-refractivity contribution < 1.29 is 0 Å². The van der Waals surface area contributed by atoms with Gasteiger partial charge >= 0.3 is 0 Å². The van der Waals surface area contributed by atoms with Crippen LogP contribution in [0.1, 0.15) is 37.3 Å². The number of dihydropyridines is 1. The van der Waals surface area contributed by atoms with Gasteiger partial charge in [0.05, 0.1) is 13.2 Å². The Bertz CT molecular complexity index is 984. The number of rotatable bonds is 5. The summed E-state index contributed by atoms with van der Waals surface area (Å²) in [4.78, 5) is 5.16. The molecule has 3 heterocycles. The predicted molar refractivity (Wildman–Crippen MR) is 134 cm³/mol. The van der Waals surface area contributed by atoms with Gasteiger partial charge in [0.1, 0.15) is 0 Å². The second-order valence-corrected chi connectivity index (χ2v) is 9.06. The van der Waals surface area contributed by atoms with Crippen molar-refractivity contribution in [3.8, 4) is 0 Å². The molecule has 4 aliphatic rings. The van der Waals surface area contributed by atoms with Gasteiger partial charge in [-0.3, -0.25) is 4.90 Å². The van der Waals surface area contributed by atoms with Crippen molar-refractivity contribution in [1.82, 2.24) is 20.9 Å². The molecule has 0 bridgehead atoms. The first-order valence-electron chi connectivity index (χ1n) is 12.0. The first kappa shape index (κ1) is 21.0. The van der Waals surface area contributed by atoms with E-state index in [0.717, 1.165) is 45.8 Å². The van der Waals surface area contributed by atoms with Crippen molar-refractivity contribution in [3.05, 3.63) is 83.4 Å². The van der Waals surface area contributed by atoms with E-state index in [9.17, 15) is 0 Å². The molecule has 0 aromatic heterocycles. The largest absolute Gasteiger partial charge is 0.384 e. The van der Waals surface area contributed by atoms with Gasteiger partial charge in [0.15, 0.2) is 0 Å². The number of anilines is 1. The van der Waals surface area contributed by atoms with Crippen LogP contribution in [-0.2, 0) is 6.54 Å². The van der Waals surface area contributed by atoms with Crippen molar-refractivity contribution in [2.45, 2.75) is 38.8 Å². The molecular formula is C27H35N5. The van der Waals surface area contributed by atoms with Crippen molar-refractivity contribution >= 4 is 11.3 Å². The molecule has 0 amide bonds. The molecule has 1 atom stereocenters. The van der Waals surface area contributed by atoms with Crippen LogP contribution in [-0.4, -0.2) is 43.8 Å². The molecular weight excluding hydrogens is 394 g/mol. The Balaban J connectivity index is 1.46. The van der Waals surface area contributed by atoms with Crippen LogP contribution in [0.2, 0.25) is 0 Å². The number of nitrogens with zero attached hydrogens (tertiary/aromatic N) is 2. The van der Waals surface area contributed by atoms with Crippen LogP contribution in [0.3, 0.4) is 0 Å². The molecule has 1 unspecified atom stereocenters. The number of nitrogens with one attached hydrogen (secondary N) is 3. The third-order valence-electron chi connectivity index (χ3n) is 6.91. The van der Waals surface area contributed by atoms with Gasteiger partial charge in [-0.2, -0.15) is 0 Å². The van der Waals surface area contributed by atoms with E-state index in [2.05, 4.69) is 93.5 Å². The van der Waals surface area contributed by atoms with E-state index >= 15 is 0 Å². The van der Waals surface area contributed by atoms with Crippen molar-refractivity contribution in [3.63, 3.8) is 0 Å². The smallest absolute Gasteiger partial charge is 0.0843 e. The number of hydrogen-bond acceptors (Lipinski definition) is 5. The maximum absolute atomic E-state index is 3.57. The van der Waals surface area contributed by atoms with Gasteiger partial charge in [0.25, 0.3) is 0 Å². The summed E-state index contributed by atoms with van der Waals surface area (Å²) in [5, 5.41) is 10.3. The summed E-state index contributed by atoms with van der Waals surface area (Å²) in [5.41, 5.74) is 8.07. The van der Waals surface area contributed by atoms with E-state index in [0.29, 0.717) is 6.04 Å². The van der Waals surface area contributed by atoms with Gasteiger partial charge < -0.3 is 20.9 Å². The number of allylic oxidation sites excluding steroid dienone is 6. The van der Waals surface area contributed by atoms with Crippen LogP contribution in [0.15, 0.2) is 72.2 Å². The van der Waals surface area contributed by atoms with Crippen LogP contribution in [0.5, 0.6) is 0 Å². The van der Waals surface area contributed by atoms with E-state index in [1.165, 1.54) is 46.6 Å². The normalized spacial score (nSPS) is 21.8. The lowest BCUT2D eigenvalue weighted by molar-refractivity contribution is 0.228. The quantitative estimate of drug-likeness (QED) is 0.663. The van der Waals surface area contributed by atoms with Gasteiger partial charge in [-0.25, -0.2) is 0 Å². The van der Waals surface area contributed by atoms with Crippen molar-refractivity contribution in [1.29, 1.82) is 0 Å². The highest BCUT2D eigenvalue weighted by Gasteiger charge is 2.26. The Labute approximate surface area is 192 Å². The van der Waals surface area contributed by atoms with E-state index in [1.54, 1.807) is 0 Å². The van der Waals surface area contributed by atoms with Crippen LogP contribution in [0.4, 0.5) is 5.69 Å². The summed E-state index contributed by atoms with van der Waals surface area (Å²) in [6.07, 6.45) is 19.3. The standard InChI is InChI=1S/C27H35N5/c1-21(26-10-6-7-13-29-26)31-14-15-32(19-25-17-28-20-30-25)27-12-11-23(16-24(27)18-31)22-8-4-2-3-5-9-22/h4,6-12,16-17,21,28-30H,2-3,5,13-15,18-20H2,1H3. The summed E-state index contributed by atoms with van der Waals surface area (Å²) in [5.74, 6) is 0. The summed E-state index contributed by atoms with van der Waals surface area (Å²) in [7, 11) is 0. The molecule has 5 heteroatoms. The third kappa shape index (κ3) is 4.63. The van der Waals surface area contributed by atoms with Gasteiger partial charge in [-0.1, -0.05) is 36.4 Å². The Morgan fingerprint density at radius 1 is 1.09 bits per heavy atom. The molecule has 0 saturated heterocycles. The number of benzene rings is 1. The predicted octanol–water partition coefficient (Wildman–Crippen LogP) is 3.86. The van der Waals surface area contributed by atoms with E-state index in [-0.39, 0.29) is 0 Å². The lowest BCUT2D eigenvalue weighted by Crippen LogP contribution is -2.41. The minimum atomic E-state index is 0.360. The highest BCUT2D eigenvalue weighted by molar-refractivity contribution is 5.76. The highest BCUT2D eigenvalue weighted by Crippen LogP contribution is 2.32. The first-order chi connectivity index (χ1) is 15.8. The zero-order valence-corrected chi connectivity index (χ0v) is 19.1. The Kier molecular flexibility index (Phi) is 6.35. The maximum Gasteiger partial charge on any atom is 0.0843 e. The second kappa shape index (κ2) is 9.70. The first-order valence-corrected chi connectivity index (χ1v) is 12.0. The van der Waals surface area contributed by atoms with Crippen molar-refractivity contribution in [2.75, 3.05) is 37.7 Å². The zero-order chi connectivity index (χ0) is 21.8. The Morgan fingerprint density at radius 2 is 2.06 bits per heavy atom. The summed E-state index contributed by atoms with van der Waals surface area (Å²) in [6, 6.07) is 7.46. The number of hydrogen-bond donors (Lipinski definition) is 3. The molecule has 0 spiro atoms. The fraction of sp³-hybridized carbons (Fsp3) is 0.407. The maximum atomic E-state index is 3.57. The Hall–Kier alpha value is -2.92. The fourth-order valence-electron chi connectivity index (χ4n) is 5.00. The molecule has 0 saturated carbocycles. The molecule has 1 aliphatic carbocycles. The summed E-state index contributed by atoms with van der Waals surface area (Å²) < 4.78 is 0. The van der Waals surface area contributed by atoms with Crippen LogP contribution in [0, 0.1) is 0 Å². The molecule has 0 fully saturated rings. The molecule has 1 aromatic carbocycles. The van der Waals surface area contributed by atoms with Gasteiger partial charge in [0, 0.05) is 55.5 Å². The summed E-state index contributed by atoms with van der Waals surface area (Å²) in [6.45, 7) is 8.01. The van der Waals surface area contributed by atoms with Gasteiger partial charge in [-0.15, -0.1) is 0 Å². The molecule has 32 heavy (non-hydrogen) atoms. The van der Waals surface area contributed by atoms with Crippen molar-refractivity contribution in [2.24, 2.45) is 0 Å². The average molecular weight is 430 g/mol. The molecule has 168 valence electrons. The molecule has 0 radical (unpaired) electrons. The fourth-order valence-corrected chi connectivity index (χ4v) is 5.00. The lowest BCUT2D eigenvalue weighted by atomic mass is 10.00. The van der Waals surface area contributed by atoms with E-state index < -0.39 is 0 Å². The minimum Gasteiger partial charge on any atom is -0.384 e. The zero-order valence-electron chi connectivity index (χ0n) is 19.1. The SMILES string of the molecule is CC(C1=CC=CCN1)N1CCN(CC2=CNCN2)c2ccc(C3=CCCCC=C3)cc2C1. The molecule has 5 rings (SSSR count). The topological polar surface area (TPSA) is 42.6 Å². The van der Waals surface area contributed by atoms with Gasteiger partial charge in [0.2, 0.25) is 0 Å². The van der Waals surface area contributed by atoms with Crippen LogP contribution >= 0.6 is 0 Å². The molecule has 3 N–H and O–H groups in total. The van der Waals surface area contributed by atoms with E-state index in [4.69, 9.17) is 0 Å². The Morgan fingerprint density at radius 3 is 2.91 bits per heavy atom.